The first kappa shape index (κ1) is 12.8. The minimum Gasteiger partial charge on any atom is -0.512 e. The molecular formula is C7H8Cl3NO2. The highest BCUT2D eigenvalue weighted by Crippen LogP contribution is 2.31. The van der Waals surface area contributed by atoms with Gasteiger partial charge >= 0.3 is 0 Å². The van der Waals surface area contributed by atoms with Crippen LogP contribution in [-0.2, 0) is 4.79 Å². The Balaban J connectivity index is 5.16. The SMILES string of the molecule is CC(=O)/C(C(=N)C(Cl)(Cl)Cl)=C(\C)O. The van der Waals surface area contributed by atoms with Gasteiger partial charge in [-0.2, -0.15) is 0 Å². The summed E-state index contributed by atoms with van der Waals surface area (Å²) in [6.45, 7) is 2.43. The zero-order chi connectivity index (χ0) is 10.8. The molecule has 13 heavy (non-hydrogen) atoms. The Labute approximate surface area is 90.8 Å². The predicted molar refractivity (Wildman–Crippen MR) is 54.0 cm³/mol. The normalized spacial score (nSPS) is 13.6. The highest BCUT2D eigenvalue weighted by atomic mass is 35.6. The molecule has 0 aliphatic carbocycles. The van der Waals surface area contributed by atoms with Crippen molar-refractivity contribution in [1.82, 2.24) is 0 Å². The van der Waals surface area contributed by atoms with Gasteiger partial charge in [0.15, 0.2) is 5.78 Å². The molecule has 0 fully saturated rings. The molecule has 0 saturated heterocycles. The highest BCUT2D eigenvalue weighted by Gasteiger charge is 2.32. The Morgan fingerprint density at radius 1 is 1.31 bits per heavy atom. The molecule has 0 aliphatic heterocycles. The van der Waals surface area contributed by atoms with Gasteiger partial charge in [0.05, 0.1) is 11.3 Å². The van der Waals surface area contributed by atoms with Gasteiger partial charge in [0.1, 0.15) is 5.76 Å². The Morgan fingerprint density at radius 2 is 1.69 bits per heavy atom. The van der Waals surface area contributed by atoms with Crippen LogP contribution >= 0.6 is 34.8 Å². The van der Waals surface area contributed by atoms with Gasteiger partial charge in [-0.25, -0.2) is 0 Å². The standard InChI is InChI=1S/C7H8Cl3NO2/c1-3(12)5(4(2)13)6(11)7(8,9)10/h11-12H,1-2H3/b5-3-,11-6?. The molecule has 0 aliphatic rings. The summed E-state index contributed by atoms with van der Waals surface area (Å²) in [6.07, 6.45) is 0. The van der Waals surface area contributed by atoms with Gasteiger partial charge in [-0.1, -0.05) is 34.8 Å². The molecule has 0 radical (unpaired) electrons. The number of aliphatic hydroxyl groups excluding tert-OH is 1. The van der Waals surface area contributed by atoms with Crippen molar-refractivity contribution in [3.8, 4) is 0 Å². The van der Waals surface area contributed by atoms with Crippen LogP contribution in [0.5, 0.6) is 0 Å². The van der Waals surface area contributed by atoms with Crippen molar-refractivity contribution >= 4 is 46.3 Å². The molecule has 0 heterocycles. The van der Waals surface area contributed by atoms with E-state index < -0.39 is 15.3 Å². The molecule has 0 aromatic rings. The largest absolute Gasteiger partial charge is 0.512 e. The maximum atomic E-state index is 10.9. The van der Waals surface area contributed by atoms with Gasteiger partial charge in [0, 0.05) is 0 Å². The summed E-state index contributed by atoms with van der Waals surface area (Å²) < 4.78 is -2.00. The van der Waals surface area contributed by atoms with Crippen LogP contribution < -0.4 is 0 Å². The summed E-state index contributed by atoms with van der Waals surface area (Å²) in [5.74, 6) is -0.847. The van der Waals surface area contributed by atoms with Crippen molar-refractivity contribution in [2.45, 2.75) is 17.6 Å². The van der Waals surface area contributed by atoms with E-state index in [9.17, 15) is 4.79 Å². The van der Waals surface area contributed by atoms with Gasteiger partial charge < -0.3 is 5.11 Å². The lowest BCUT2D eigenvalue weighted by Gasteiger charge is -2.14. The maximum Gasteiger partial charge on any atom is 0.232 e. The molecule has 3 nitrogen and oxygen atoms in total. The lowest BCUT2D eigenvalue weighted by Crippen LogP contribution is -2.24. The third-order valence-corrected chi connectivity index (χ3v) is 1.81. The van der Waals surface area contributed by atoms with Gasteiger partial charge in [-0.05, 0) is 13.8 Å². The van der Waals surface area contributed by atoms with E-state index in [0.717, 1.165) is 0 Å². The van der Waals surface area contributed by atoms with E-state index in [1.165, 1.54) is 13.8 Å². The summed E-state index contributed by atoms with van der Waals surface area (Å²) >= 11 is 16.1. The Hall–Kier alpha value is -0.250. The summed E-state index contributed by atoms with van der Waals surface area (Å²) in [5.41, 5.74) is -0.787. The Bertz CT molecular complexity index is 274. The molecule has 0 unspecified atom stereocenters. The fourth-order valence-electron chi connectivity index (χ4n) is 0.753. The minimum atomic E-state index is -2.00. The van der Waals surface area contributed by atoms with E-state index >= 15 is 0 Å². The van der Waals surface area contributed by atoms with Gasteiger partial charge in [-0.15, -0.1) is 0 Å². The first-order valence-electron chi connectivity index (χ1n) is 3.24. The van der Waals surface area contributed by atoms with E-state index in [-0.39, 0.29) is 11.3 Å². The summed E-state index contributed by atoms with van der Waals surface area (Å²) in [6, 6.07) is 0. The quantitative estimate of drug-likeness (QED) is 0.340. The summed E-state index contributed by atoms with van der Waals surface area (Å²) in [7, 11) is 0. The molecule has 0 aromatic carbocycles. The van der Waals surface area contributed by atoms with Crippen molar-refractivity contribution in [2.75, 3.05) is 0 Å². The average Bonchev–Trinajstić information content (AvgIpc) is 1.82. The van der Waals surface area contributed by atoms with Crippen LogP contribution in [0.1, 0.15) is 13.8 Å². The average molecular weight is 245 g/mol. The number of hydrogen-bond acceptors (Lipinski definition) is 3. The first-order valence-corrected chi connectivity index (χ1v) is 4.38. The third-order valence-electron chi connectivity index (χ3n) is 1.25. The van der Waals surface area contributed by atoms with Crippen LogP contribution in [0.2, 0.25) is 0 Å². The van der Waals surface area contributed by atoms with Gasteiger partial charge in [0.25, 0.3) is 0 Å². The molecule has 2 N–H and O–H groups in total. The number of halogens is 3. The fourth-order valence-corrected chi connectivity index (χ4v) is 1.04. The number of nitrogens with one attached hydrogen (secondary N) is 1. The minimum absolute atomic E-state index is 0.264. The van der Waals surface area contributed by atoms with Crippen molar-refractivity contribution < 1.29 is 9.90 Å². The smallest absolute Gasteiger partial charge is 0.232 e. The number of aliphatic hydroxyl groups is 1. The van der Waals surface area contributed by atoms with Crippen LogP contribution in [0.3, 0.4) is 0 Å². The summed E-state index contributed by atoms with van der Waals surface area (Å²) in [4.78, 5) is 10.9. The third kappa shape index (κ3) is 3.55. The van der Waals surface area contributed by atoms with Crippen LogP contribution in [0, 0.1) is 5.41 Å². The van der Waals surface area contributed by atoms with E-state index in [4.69, 9.17) is 45.3 Å². The Morgan fingerprint density at radius 3 is 1.77 bits per heavy atom. The van der Waals surface area contributed by atoms with E-state index in [1.54, 1.807) is 0 Å². The van der Waals surface area contributed by atoms with Crippen molar-refractivity contribution in [3.63, 3.8) is 0 Å². The van der Waals surface area contributed by atoms with Crippen LogP contribution in [0.4, 0.5) is 0 Å². The number of rotatable bonds is 2. The molecular weight excluding hydrogens is 236 g/mol. The molecule has 74 valence electrons. The van der Waals surface area contributed by atoms with Crippen molar-refractivity contribution in [2.24, 2.45) is 0 Å². The molecule has 0 atom stereocenters. The van der Waals surface area contributed by atoms with Crippen LogP contribution in [0.15, 0.2) is 11.3 Å². The fraction of sp³-hybridized carbons (Fsp3) is 0.429. The molecule has 0 aromatic heterocycles. The lowest BCUT2D eigenvalue weighted by atomic mass is 10.1. The number of alkyl halides is 3. The topological polar surface area (TPSA) is 61.2 Å². The molecule has 6 heteroatoms. The zero-order valence-electron chi connectivity index (χ0n) is 6.99. The summed E-state index contributed by atoms with van der Waals surface area (Å²) in [5, 5.41) is 16.4. The van der Waals surface area contributed by atoms with Crippen LogP contribution in [-0.4, -0.2) is 20.4 Å². The van der Waals surface area contributed by atoms with Crippen molar-refractivity contribution in [3.05, 3.63) is 11.3 Å². The maximum absolute atomic E-state index is 10.9. The Kier molecular flexibility index (Phi) is 4.23. The molecule has 0 saturated carbocycles. The van der Waals surface area contributed by atoms with E-state index in [0.29, 0.717) is 0 Å². The van der Waals surface area contributed by atoms with E-state index in [1.807, 2.05) is 0 Å². The predicted octanol–water partition coefficient (Wildman–Crippen LogP) is 2.80. The van der Waals surface area contributed by atoms with E-state index in [2.05, 4.69) is 0 Å². The molecule has 0 rings (SSSR count). The number of carbonyl (C=O) groups is 1. The molecule has 0 amide bonds. The second-order valence-corrected chi connectivity index (χ2v) is 4.67. The second kappa shape index (κ2) is 4.31. The number of Topliss-reactive ketones (excluding diaryl/α,β-unsaturated/α-hetero) is 1. The monoisotopic (exact) mass is 243 g/mol. The number of allylic oxidation sites excluding steroid dienone is 2. The van der Waals surface area contributed by atoms with Gasteiger partial charge in [-0.3, -0.25) is 10.2 Å². The molecule has 0 bridgehead atoms. The highest BCUT2D eigenvalue weighted by molar-refractivity contribution is 6.78. The number of carbonyl (C=O) groups excluding carboxylic acids is 1. The number of hydrogen-bond donors (Lipinski definition) is 2. The first-order chi connectivity index (χ1) is 5.68. The molecule has 0 spiro atoms. The second-order valence-electron chi connectivity index (χ2n) is 2.39. The lowest BCUT2D eigenvalue weighted by molar-refractivity contribution is -0.113. The van der Waals surface area contributed by atoms with Crippen LogP contribution in [0.25, 0.3) is 0 Å². The number of ketones is 1. The van der Waals surface area contributed by atoms with Gasteiger partial charge in [0.2, 0.25) is 3.79 Å². The van der Waals surface area contributed by atoms with Crippen molar-refractivity contribution in [1.29, 1.82) is 5.41 Å². The zero-order valence-corrected chi connectivity index (χ0v) is 9.26.